The van der Waals surface area contributed by atoms with E-state index >= 15 is 0 Å². The summed E-state index contributed by atoms with van der Waals surface area (Å²) in [5.74, 6) is 0.0650. The van der Waals surface area contributed by atoms with Crippen LogP contribution in [0.25, 0.3) is 0 Å². The Hall–Kier alpha value is -2.17. The average molecular weight is 315 g/mol. The van der Waals surface area contributed by atoms with Crippen molar-refractivity contribution in [2.75, 3.05) is 6.61 Å². The zero-order valence-corrected chi connectivity index (χ0v) is 13.3. The van der Waals surface area contributed by atoms with Crippen LogP contribution >= 0.6 is 0 Å². The number of hydrogen-bond acceptors (Lipinski definition) is 4. The molecule has 1 aromatic rings. The van der Waals surface area contributed by atoms with Gasteiger partial charge in [0, 0.05) is 17.7 Å². The third kappa shape index (κ3) is 3.28. The lowest BCUT2D eigenvalue weighted by Crippen LogP contribution is -2.27. The zero-order valence-electron chi connectivity index (χ0n) is 13.3. The molecule has 0 saturated carbocycles. The molecule has 2 unspecified atom stereocenters. The van der Waals surface area contributed by atoms with E-state index in [9.17, 15) is 14.4 Å². The molecule has 0 fully saturated rings. The van der Waals surface area contributed by atoms with E-state index < -0.39 is 11.5 Å². The molecule has 5 heteroatoms. The van der Waals surface area contributed by atoms with Gasteiger partial charge in [0.15, 0.2) is 5.78 Å². The van der Waals surface area contributed by atoms with Crippen molar-refractivity contribution < 1.29 is 14.3 Å². The minimum atomic E-state index is -0.644. The lowest BCUT2D eigenvalue weighted by atomic mass is 9.85. The minimum Gasteiger partial charge on any atom is -0.462 e. The Labute approximate surface area is 134 Å². The number of ether oxygens (including phenoxy) is 1. The molecule has 0 spiro atoms. The lowest BCUT2D eigenvalue weighted by molar-refractivity contribution is 0.0393. The van der Waals surface area contributed by atoms with Crippen LogP contribution in [0.4, 0.5) is 0 Å². The van der Waals surface area contributed by atoms with Gasteiger partial charge in [0.05, 0.1) is 6.61 Å². The van der Waals surface area contributed by atoms with Crippen LogP contribution in [0.1, 0.15) is 59.0 Å². The standard InChI is InChI=1S/C18H21NO4/c1-11-5-2-3-6-12(11)10-23-18(22)14-9-13-15(19-17(14)21)7-4-8-16(13)20/h2-3,9,11-12H,4-8,10H2,1H3,(H,19,21). The SMILES string of the molecule is CC1CC=CCC1COC(=O)c1cc2c([nH]c1=O)CCCC2=O. The fourth-order valence-electron chi connectivity index (χ4n) is 3.23. The maximum atomic E-state index is 12.2. The summed E-state index contributed by atoms with van der Waals surface area (Å²) >= 11 is 0. The van der Waals surface area contributed by atoms with Crippen molar-refractivity contribution in [2.45, 2.75) is 39.0 Å². The van der Waals surface area contributed by atoms with Gasteiger partial charge < -0.3 is 9.72 Å². The number of aryl methyl sites for hydroxylation is 1. The molecule has 1 N–H and O–H groups in total. The normalized spacial score (nSPS) is 23.4. The van der Waals surface area contributed by atoms with Gasteiger partial charge in [-0.15, -0.1) is 0 Å². The molecule has 23 heavy (non-hydrogen) atoms. The number of allylic oxidation sites excluding steroid dienone is 2. The van der Waals surface area contributed by atoms with E-state index in [1.165, 1.54) is 6.07 Å². The molecular weight excluding hydrogens is 294 g/mol. The molecule has 0 radical (unpaired) electrons. The van der Waals surface area contributed by atoms with E-state index in [4.69, 9.17) is 4.74 Å². The third-order valence-corrected chi connectivity index (χ3v) is 4.82. The molecule has 2 aliphatic carbocycles. The van der Waals surface area contributed by atoms with Crippen LogP contribution in [0.3, 0.4) is 0 Å². The number of rotatable bonds is 3. The van der Waals surface area contributed by atoms with Crippen LogP contribution in [0.15, 0.2) is 23.0 Å². The van der Waals surface area contributed by atoms with Gasteiger partial charge in [0.25, 0.3) is 5.56 Å². The topological polar surface area (TPSA) is 76.2 Å². The number of aromatic amines is 1. The summed E-state index contributed by atoms with van der Waals surface area (Å²) < 4.78 is 5.34. The average Bonchev–Trinajstić information content (AvgIpc) is 2.53. The van der Waals surface area contributed by atoms with Crippen LogP contribution in [0.5, 0.6) is 0 Å². The Bertz CT molecular complexity index is 716. The summed E-state index contributed by atoms with van der Waals surface area (Å²) in [6.45, 7) is 2.43. The van der Waals surface area contributed by atoms with E-state index in [0.29, 0.717) is 36.6 Å². The first-order valence-corrected chi connectivity index (χ1v) is 8.17. The number of hydrogen-bond donors (Lipinski definition) is 1. The Morgan fingerprint density at radius 3 is 2.83 bits per heavy atom. The molecule has 5 nitrogen and oxygen atoms in total. The summed E-state index contributed by atoms with van der Waals surface area (Å²) in [5, 5.41) is 0. The lowest BCUT2D eigenvalue weighted by Gasteiger charge is -2.24. The summed E-state index contributed by atoms with van der Waals surface area (Å²) in [4.78, 5) is 38.9. The number of fused-ring (bicyclic) bond motifs is 1. The smallest absolute Gasteiger partial charge is 0.343 e. The van der Waals surface area contributed by atoms with Gasteiger partial charge in [0.2, 0.25) is 0 Å². The highest BCUT2D eigenvalue weighted by molar-refractivity contribution is 6.00. The Morgan fingerprint density at radius 2 is 2.04 bits per heavy atom. The number of esters is 1. The molecule has 0 bridgehead atoms. The fraction of sp³-hybridized carbons (Fsp3) is 0.500. The molecular formula is C18H21NO4. The molecule has 122 valence electrons. The Kier molecular flexibility index (Phi) is 4.46. The molecule has 0 aliphatic heterocycles. The number of aromatic nitrogens is 1. The zero-order chi connectivity index (χ0) is 16.4. The molecule has 2 atom stereocenters. The summed E-state index contributed by atoms with van der Waals surface area (Å²) in [6.07, 6.45) is 7.96. The molecule has 1 heterocycles. The maximum absolute atomic E-state index is 12.2. The van der Waals surface area contributed by atoms with Gasteiger partial charge >= 0.3 is 5.97 Å². The summed E-state index contributed by atoms with van der Waals surface area (Å²) in [6, 6.07) is 1.40. The third-order valence-electron chi connectivity index (χ3n) is 4.82. The fourth-order valence-corrected chi connectivity index (χ4v) is 3.23. The van der Waals surface area contributed by atoms with Crippen molar-refractivity contribution in [1.29, 1.82) is 0 Å². The second-order valence-electron chi connectivity index (χ2n) is 6.46. The first kappa shape index (κ1) is 15.7. The molecule has 0 amide bonds. The molecule has 2 aliphatic rings. The number of ketones is 1. The number of carbonyl (C=O) groups is 2. The van der Waals surface area contributed by atoms with E-state index in [2.05, 4.69) is 24.1 Å². The van der Waals surface area contributed by atoms with Crippen molar-refractivity contribution in [2.24, 2.45) is 11.8 Å². The van der Waals surface area contributed by atoms with Crippen LogP contribution < -0.4 is 5.56 Å². The molecule has 1 aromatic heterocycles. The number of carbonyl (C=O) groups excluding carboxylic acids is 2. The van der Waals surface area contributed by atoms with Gasteiger partial charge in [-0.05, 0) is 43.6 Å². The van der Waals surface area contributed by atoms with Crippen LogP contribution in [-0.2, 0) is 11.2 Å². The largest absolute Gasteiger partial charge is 0.462 e. The number of nitrogens with one attached hydrogen (secondary N) is 1. The quantitative estimate of drug-likeness (QED) is 0.687. The van der Waals surface area contributed by atoms with Crippen molar-refractivity contribution in [3.63, 3.8) is 0 Å². The van der Waals surface area contributed by atoms with Crippen molar-refractivity contribution in [3.05, 3.63) is 45.4 Å². The van der Waals surface area contributed by atoms with Crippen molar-refractivity contribution in [3.8, 4) is 0 Å². The van der Waals surface area contributed by atoms with Gasteiger partial charge in [-0.1, -0.05) is 19.1 Å². The molecule has 0 saturated heterocycles. The van der Waals surface area contributed by atoms with Gasteiger partial charge in [0.1, 0.15) is 5.56 Å². The molecule has 3 rings (SSSR count). The van der Waals surface area contributed by atoms with E-state index in [1.54, 1.807) is 0 Å². The number of pyridine rings is 1. The minimum absolute atomic E-state index is 0.0254. The second-order valence-corrected chi connectivity index (χ2v) is 6.46. The van der Waals surface area contributed by atoms with Gasteiger partial charge in [-0.3, -0.25) is 9.59 Å². The molecule has 0 aromatic carbocycles. The van der Waals surface area contributed by atoms with E-state index in [-0.39, 0.29) is 17.3 Å². The Morgan fingerprint density at radius 1 is 1.26 bits per heavy atom. The second kappa shape index (κ2) is 6.52. The van der Waals surface area contributed by atoms with Crippen molar-refractivity contribution >= 4 is 11.8 Å². The van der Waals surface area contributed by atoms with E-state index in [1.807, 2.05) is 0 Å². The van der Waals surface area contributed by atoms with Crippen molar-refractivity contribution in [1.82, 2.24) is 4.98 Å². The predicted octanol–water partition coefficient (Wildman–Crippen LogP) is 2.65. The van der Waals surface area contributed by atoms with E-state index in [0.717, 1.165) is 19.3 Å². The predicted molar refractivity (Wildman–Crippen MR) is 85.6 cm³/mol. The highest BCUT2D eigenvalue weighted by atomic mass is 16.5. The summed E-state index contributed by atoms with van der Waals surface area (Å²) in [7, 11) is 0. The van der Waals surface area contributed by atoms with Gasteiger partial charge in [-0.2, -0.15) is 0 Å². The number of Topliss-reactive ketones (excluding diaryl/α,β-unsaturated/α-hetero) is 1. The first-order valence-electron chi connectivity index (χ1n) is 8.17. The van der Waals surface area contributed by atoms with Gasteiger partial charge in [-0.25, -0.2) is 4.79 Å². The number of H-pyrrole nitrogens is 1. The maximum Gasteiger partial charge on any atom is 0.343 e. The van der Waals surface area contributed by atoms with Crippen LogP contribution in [-0.4, -0.2) is 23.3 Å². The first-order chi connectivity index (χ1) is 11.1. The highest BCUT2D eigenvalue weighted by Gasteiger charge is 2.24. The van der Waals surface area contributed by atoms with Crippen LogP contribution in [0.2, 0.25) is 0 Å². The van der Waals surface area contributed by atoms with Crippen LogP contribution in [0, 0.1) is 11.8 Å². The highest BCUT2D eigenvalue weighted by Crippen LogP contribution is 2.25. The monoisotopic (exact) mass is 315 g/mol. The Balaban J connectivity index is 1.75. The summed E-state index contributed by atoms with van der Waals surface area (Å²) in [5.41, 5.74) is 0.545.